The lowest BCUT2D eigenvalue weighted by atomic mass is 10.2. The van der Waals surface area contributed by atoms with E-state index in [-0.39, 0.29) is 11.8 Å². The highest BCUT2D eigenvalue weighted by Gasteiger charge is 2.28. The molecule has 0 aliphatic carbocycles. The van der Waals surface area contributed by atoms with Gasteiger partial charge in [-0.25, -0.2) is 0 Å². The largest absolute Gasteiger partial charge is 0.495 e. The molecule has 1 aliphatic heterocycles. The number of nitrogens with one attached hydrogen (secondary N) is 2. The first-order valence-corrected chi connectivity index (χ1v) is 8.61. The summed E-state index contributed by atoms with van der Waals surface area (Å²) in [6, 6.07) is 12.8. The number of carbonyl (C=O) groups is 2. The zero-order valence-corrected chi connectivity index (χ0v) is 15.2. The van der Waals surface area contributed by atoms with Gasteiger partial charge >= 0.3 is 0 Å². The fourth-order valence-electron chi connectivity index (χ4n) is 3.20. The van der Waals surface area contributed by atoms with Gasteiger partial charge in [-0.15, -0.1) is 0 Å². The highest BCUT2D eigenvalue weighted by molar-refractivity contribution is 6.00. The maximum absolute atomic E-state index is 12.9. The van der Waals surface area contributed by atoms with Gasteiger partial charge < -0.3 is 20.3 Å². The molecule has 0 radical (unpaired) electrons. The Hall–Kier alpha value is -3.02. The molecule has 0 saturated heterocycles. The molecule has 0 aromatic heterocycles. The van der Waals surface area contributed by atoms with Crippen LogP contribution in [0.3, 0.4) is 0 Å². The molecular formula is C20H23N3O3. The predicted molar refractivity (Wildman–Crippen MR) is 103 cm³/mol. The molecule has 136 valence electrons. The average Bonchev–Trinajstić information content (AvgIpc) is 3.05. The van der Waals surface area contributed by atoms with Gasteiger partial charge in [0.2, 0.25) is 11.8 Å². The molecule has 1 unspecified atom stereocenters. The summed E-state index contributed by atoms with van der Waals surface area (Å²) in [4.78, 5) is 26.0. The van der Waals surface area contributed by atoms with E-state index in [1.165, 1.54) is 12.5 Å². The maximum Gasteiger partial charge on any atom is 0.249 e. The Kier molecular flexibility index (Phi) is 5.11. The summed E-state index contributed by atoms with van der Waals surface area (Å²) in [5.74, 6) is 0.460. The van der Waals surface area contributed by atoms with Crippen LogP contribution in [0.4, 0.5) is 17.1 Å². The van der Waals surface area contributed by atoms with Gasteiger partial charge in [-0.05, 0) is 43.2 Å². The molecule has 0 bridgehead atoms. The van der Waals surface area contributed by atoms with Crippen molar-refractivity contribution in [1.82, 2.24) is 0 Å². The summed E-state index contributed by atoms with van der Waals surface area (Å²) in [6.07, 6.45) is 0.871. The second-order valence-electron chi connectivity index (χ2n) is 6.33. The number of methoxy groups -OCH3 is 1. The minimum atomic E-state index is -0.442. The van der Waals surface area contributed by atoms with Crippen molar-refractivity contribution < 1.29 is 14.3 Å². The summed E-state index contributed by atoms with van der Waals surface area (Å²) < 4.78 is 5.37. The number of nitrogens with zero attached hydrogens (tertiary/aromatic N) is 1. The van der Waals surface area contributed by atoms with Crippen LogP contribution in [-0.2, 0) is 16.0 Å². The van der Waals surface area contributed by atoms with E-state index in [1.807, 2.05) is 30.0 Å². The fraction of sp³-hybridized carbons (Fsp3) is 0.300. The molecule has 3 rings (SSSR count). The number of ether oxygens (including phenoxy) is 1. The van der Waals surface area contributed by atoms with Gasteiger partial charge in [0.05, 0.1) is 12.8 Å². The highest BCUT2D eigenvalue weighted by Crippen LogP contribution is 2.31. The van der Waals surface area contributed by atoms with Crippen LogP contribution >= 0.6 is 0 Å². The minimum Gasteiger partial charge on any atom is -0.495 e. The first-order chi connectivity index (χ1) is 12.5. The summed E-state index contributed by atoms with van der Waals surface area (Å²) in [7, 11) is 1.57. The first kappa shape index (κ1) is 17.8. The Balaban J connectivity index is 1.78. The van der Waals surface area contributed by atoms with Gasteiger partial charge in [-0.2, -0.15) is 0 Å². The van der Waals surface area contributed by atoms with Gasteiger partial charge in [0.25, 0.3) is 0 Å². The lowest BCUT2D eigenvalue weighted by Crippen LogP contribution is -2.40. The zero-order valence-electron chi connectivity index (χ0n) is 15.2. The summed E-state index contributed by atoms with van der Waals surface area (Å²) in [5, 5.41) is 5.95. The van der Waals surface area contributed by atoms with E-state index in [9.17, 15) is 9.59 Å². The van der Waals surface area contributed by atoms with Gasteiger partial charge in [0, 0.05) is 24.8 Å². The Morgan fingerprint density at radius 2 is 1.96 bits per heavy atom. The molecule has 6 nitrogen and oxygen atoms in total. The molecule has 1 aliphatic rings. The minimum absolute atomic E-state index is 0.00179. The number of benzene rings is 2. The van der Waals surface area contributed by atoms with Crippen molar-refractivity contribution in [2.75, 3.05) is 29.2 Å². The lowest BCUT2D eigenvalue weighted by molar-refractivity contribution is -0.119. The molecule has 0 saturated carbocycles. The van der Waals surface area contributed by atoms with Crippen LogP contribution in [0.2, 0.25) is 0 Å². The number of rotatable bonds is 5. The Labute approximate surface area is 153 Å². The normalized spacial score (nSPS) is 13.7. The number of hydrogen-bond donors (Lipinski definition) is 2. The Bertz CT molecular complexity index is 835. The number of amides is 2. The highest BCUT2D eigenvalue weighted by atomic mass is 16.5. The summed E-state index contributed by atoms with van der Waals surface area (Å²) in [6.45, 7) is 3.97. The summed E-state index contributed by atoms with van der Waals surface area (Å²) in [5.41, 5.74) is 3.47. The molecule has 6 heteroatoms. The van der Waals surface area contributed by atoms with Crippen molar-refractivity contribution in [3.05, 3.63) is 48.0 Å². The van der Waals surface area contributed by atoms with E-state index < -0.39 is 6.04 Å². The molecule has 2 N–H and O–H groups in total. The number of carbonyl (C=O) groups excluding carboxylic acids is 2. The van der Waals surface area contributed by atoms with E-state index >= 15 is 0 Å². The van der Waals surface area contributed by atoms with Crippen molar-refractivity contribution >= 4 is 28.9 Å². The standard InChI is InChI=1S/C20H23N3O3/c1-13(20(25)23-11-10-15-6-4-5-7-18(15)23)21-17-12-16(22-14(2)24)8-9-19(17)26-3/h4-9,12-13,21H,10-11H2,1-3H3,(H,22,24). The third-order valence-electron chi connectivity index (χ3n) is 4.42. The molecule has 0 spiro atoms. The van der Waals surface area contributed by atoms with Gasteiger partial charge in [0.15, 0.2) is 0 Å². The van der Waals surface area contributed by atoms with Crippen LogP contribution in [0.1, 0.15) is 19.4 Å². The zero-order chi connectivity index (χ0) is 18.7. The van der Waals surface area contributed by atoms with Gasteiger partial charge in [0.1, 0.15) is 11.8 Å². The lowest BCUT2D eigenvalue weighted by Gasteiger charge is -2.24. The SMILES string of the molecule is COc1ccc(NC(C)=O)cc1NC(C)C(=O)N1CCc2ccccc21. The topological polar surface area (TPSA) is 70.7 Å². The third-order valence-corrected chi connectivity index (χ3v) is 4.42. The number of hydrogen-bond acceptors (Lipinski definition) is 4. The molecule has 2 aromatic carbocycles. The smallest absolute Gasteiger partial charge is 0.249 e. The quantitative estimate of drug-likeness (QED) is 0.867. The van der Waals surface area contributed by atoms with Crippen molar-refractivity contribution in [1.29, 1.82) is 0 Å². The number of anilines is 3. The number of fused-ring (bicyclic) bond motifs is 1. The van der Waals surface area contributed by atoms with E-state index in [0.29, 0.717) is 23.7 Å². The van der Waals surface area contributed by atoms with E-state index in [0.717, 1.165) is 12.1 Å². The maximum atomic E-state index is 12.9. The van der Waals surface area contributed by atoms with Crippen LogP contribution in [0.25, 0.3) is 0 Å². The van der Waals surface area contributed by atoms with Crippen LogP contribution in [0.5, 0.6) is 5.75 Å². The van der Waals surface area contributed by atoms with E-state index in [2.05, 4.69) is 16.7 Å². The predicted octanol–water partition coefficient (Wildman–Crippen LogP) is 3.04. The van der Waals surface area contributed by atoms with E-state index in [4.69, 9.17) is 4.74 Å². The fourth-order valence-corrected chi connectivity index (χ4v) is 3.20. The van der Waals surface area contributed by atoms with Crippen LogP contribution in [-0.4, -0.2) is 31.5 Å². The molecule has 2 amide bonds. The monoisotopic (exact) mass is 353 g/mol. The van der Waals surface area contributed by atoms with Gasteiger partial charge in [-0.1, -0.05) is 18.2 Å². The number of para-hydroxylation sites is 1. The molecular weight excluding hydrogens is 330 g/mol. The molecule has 1 heterocycles. The first-order valence-electron chi connectivity index (χ1n) is 8.61. The van der Waals surface area contributed by atoms with Crippen molar-refractivity contribution in [2.24, 2.45) is 0 Å². The van der Waals surface area contributed by atoms with Gasteiger partial charge in [-0.3, -0.25) is 9.59 Å². The van der Waals surface area contributed by atoms with Crippen molar-refractivity contribution in [3.8, 4) is 5.75 Å². The molecule has 26 heavy (non-hydrogen) atoms. The molecule has 0 fully saturated rings. The Morgan fingerprint density at radius 1 is 1.19 bits per heavy atom. The van der Waals surface area contributed by atoms with Crippen LogP contribution in [0.15, 0.2) is 42.5 Å². The molecule has 1 atom stereocenters. The molecule has 2 aromatic rings. The second-order valence-corrected chi connectivity index (χ2v) is 6.33. The second kappa shape index (κ2) is 7.47. The third kappa shape index (κ3) is 3.64. The summed E-state index contributed by atoms with van der Waals surface area (Å²) >= 11 is 0. The van der Waals surface area contributed by atoms with E-state index in [1.54, 1.807) is 25.3 Å². The average molecular weight is 353 g/mol. The Morgan fingerprint density at radius 3 is 2.69 bits per heavy atom. The van der Waals surface area contributed by atoms with Crippen molar-refractivity contribution in [3.63, 3.8) is 0 Å². The van der Waals surface area contributed by atoms with Crippen LogP contribution < -0.4 is 20.3 Å². The van der Waals surface area contributed by atoms with Crippen molar-refractivity contribution in [2.45, 2.75) is 26.3 Å². The van der Waals surface area contributed by atoms with Crippen LogP contribution in [0, 0.1) is 0 Å².